The number of para-hydroxylation sites is 1. The lowest BCUT2D eigenvalue weighted by atomic mass is 9.84. The van der Waals surface area contributed by atoms with E-state index in [1.807, 2.05) is 12.1 Å². The number of aryl methyl sites for hydroxylation is 1. The van der Waals surface area contributed by atoms with Crippen LogP contribution in [0.5, 0.6) is 5.75 Å². The molecule has 178 valence electrons. The van der Waals surface area contributed by atoms with Crippen molar-refractivity contribution in [3.63, 3.8) is 0 Å². The van der Waals surface area contributed by atoms with Crippen molar-refractivity contribution < 1.29 is 9.13 Å². The van der Waals surface area contributed by atoms with Crippen molar-refractivity contribution in [2.75, 3.05) is 13.1 Å². The summed E-state index contributed by atoms with van der Waals surface area (Å²) in [4.78, 5) is 2.67. The number of rotatable bonds is 2. The average molecular weight is 468 g/mol. The molecule has 0 aromatic heterocycles. The zero-order chi connectivity index (χ0) is 23.4. The van der Waals surface area contributed by atoms with Crippen LogP contribution in [-0.2, 0) is 6.42 Å². The van der Waals surface area contributed by atoms with Crippen molar-refractivity contribution >= 4 is 5.71 Å². The van der Waals surface area contributed by atoms with E-state index in [0.29, 0.717) is 6.04 Å². The van der Waals surface area contributed by atoms with Gasteiger partial charge in [0, 0.05) is 44.0 Å². The molecule has 5 heteroatoms. The minimum atomic E-state index is -0.439. The van der Waals surface area contributed by atoms with Crippen molar-refractivity contribution in [1.29, 1.82) is 0 Å². The van der Waals surface area contributed by atoms with E-state index in [4.69, 9.17) is 9.84 Å². The third-order valence-corrected chi connectivity index (χ3v) is 8.44. The van der Waals surface area contributed by atoms with Crippen molar-refractivity contribution in [2.24, 2.45) is 5.10 Å². The number of ether oxygens (including phenoxy) is 1. The molecule has 0 amide bonds. The second-order valence-electron chi connectivity index (χ2n) is 10.3. The lowest BCUT2D eigenvalue weighted by Crippen LogP contribution is -2.59. The molecule has 0 N–H and O–H groups in total. The maximum Gasteiger partial charge on any atom is 0.200 e. The zero-order valence-electron chi connectivity index (χ0n) is 19.9. The Hall–Kier alpha value is -3.18. The Morgan fingerprint density at radius 3 is 2.43 bits per heavy atom. The third-order valence-electron chi connectivity index (χ3n) is 8.44. The van der Waals surface area contributed by atoms with Gasteiger partial charge in [0.05, 0.1) is 11.8 Å². The second kappa shape index (κ2) is 8.20. The smallest absolute Gasteiger partial charge is 0.200 e. The number of hydrogen-bond acceptors (Lipinski definition) is 4. The Balaban J connectivity index is 1.20. The summed E-state index contributed by atoms with van der Waals surface area (Å²) in [5.74, 6) is 0.771. The molecule has 0 saturated carbocycles. The van der Waals surface area contributed by atoms with Gasteiger partial charge in [0.15, 0.2) is 0 Å². The molecule has 2 atom stereocenters. The van der Waals surface area contributed by atoms with E-state index in [1.54, 1.807) is 0 Å². The van der Waals surface area contributed by atoms with Gasteiger partial charge in [-0.2, -0.15) is 5.10 Å². The first-order valence-corrected chi connectivity index (χ1v) is 12.9. The molecule has 35 heavy (non-hydrogen) atoms. The summed E-state index contributed by atoms with van der Waals surface area (Å²) in [7, 11) is 0. The lowest BCUT2D eigenvalue weighted by molar-refractivity contribution is -0.153. The van der Waals surface area contributed by atoms with Crippen LogP contribution in [0, 0.1) is 5.82 Å². The number of hydrogen-bond donors (Lipinski definition) is 0. The molecule has 7 rings (SSSR count). The molecular weight excluding hydrogens is 437 g/mol. The van der Waals surface area contributed by atoms with Gasteiger partial charge in [-0.15, -0.1) is 0 Å². The van der Waals surface area contributed by atoms with E-state index in [2.05, 4.69) is 58.4 Å². The molecule has 3 aromatic rings. The Bertz CT molecular complexity index is 1280. The molecule has 1 saturated heterocycles. The van der Waals surface area contributed by atoms with Gasteiger partial charge < -0.3 is 4.74 Å². The maximum atomic E-state index is 13.6. The quantitative estimate of drug-likeness (QED) is 0.447. The number of likely N-dealkylation sites (tertiary alicyclic amines) is 1. The lowest BCUT2D eigenvalue weighted by Gasteiger charge is -2.52. The molecular formula is C30H30FN3O. The van der Waals surface area contributed by atoms with Crippen LogP contribution in [-0.4, -0.2) is 34.4 Å². The monoisotopic (exact) mass is 467 g/mol. The highest BCUT2D eigenvalue weighted by Gasteiger charge is 2.52. The van der Waals surface area contributed by atoms with Gasteiger partial charge in [-0.1, -0.05) is 54.6 Å². The second-order valence-corrected chi connectivity index (χ2v) is 10.3. The van der Waals surface area contributed by atoms with Crippen LogP contribution in [0.4, 0.5) is 4.39 Å². The minimum Gasteiger partial charge on any atom is -0.466 e. The first-order valence-electron chi connectivity index (χ1n) is 12.9. The summed E-state index contributed by atoms with van der Waals surface area (Å²) in [6.45, 7) is 1.98. The van der Waals surface area contributed by atoms with Crippen LogP contribution >= 0.6 is 0 Å². The van der Waals surface area contributed by atoms with Crippen LogP contribution in [0.2, 0.25) is 0 Å². The molecule has 0 bridgehead atoms. The van der Waals surface area contributed by atoms with Crippen molar-refractivity contribution in [2.45, 2.75) is 56.3 Å². The van der Waals surface area contributed by atoms with E-state index in [-0.39, 0.29) is 11.9 Å². The Kier molecular flexibility index (Phi) is 4.95. The normalized spacial score (nSPS) is 24.8. The van der Waals surface area contributed by atoms with E-state index < -0.39 is 5.72 Å². The molecule has 1 aliphatic carbocycles. The topological polar surface area (TPSA) is 28.1 Å². The fraction of sp³-hybridized carbons (Fsp3) is 0.367. The van der Waals surface area contributed by atoms with E-state index >= 15 is 0 Å². The van der Waals surface area contributed by atoms with Crippen LogP contribution in [0.15, 0.2) is 77.9 Å². The van der Waals surface area contributed by atoms with Crippen molar-refractivity contribution in [3.8, 4) is 5.75 Å². The summed E-state index contributed by atoms with van der Waals surface area (Å²) in [6.07, 6.45) is 6.32. The van der Waals surface area contributed by atoms with Crippen LogP contribution < -0.4 is 4.74 Å². The molecule has 1 spiro atoms. The summed E-state index contributed by atoms with van der Waals surface area (Å²) in [5.41, 5.74) is 5.79. The number of benzene rings is 3. The van der Waals surface area contributed by atoms with Gasteiger partial charge in [0.2, 0.25) is 5.72 Å². The maximum absolute atomic E-state index is 13.6. The first kappa shape index (κ1) is 21.1. The molecule has 3 aromatic carbocycles. The van der Waals surface area contributed by atoms with Crippen LogP contribution in [0.25, 0.3) is 0 Å². The van der Waals surface area contributed by atoms with Crippen molar-refractivity contribution in [3.05, 3.63) is 101 Å². The molecule has 3 aliphatic heterocycles. The van der Waals surface area contributed by atoms with Crippen LogP contribution in [0.1, 0.15) is 66.4 Å². The van der Waals surface area contributed by atoms with Crippen LogP contribution in [0.3, 0.4) is 0 Å². The van der Waals surface area contributed by atoms with Gasteiger partial charge in [0.1, 0.15) is 11.6 Å². The highest BCUT2D eigenvalue weighted by Crippen LogP contribution is 2.50. The molecule has 0 radical (unpaired) electrons. The molecule has 3 heterocycles. The number of nitrogens with zero attached hydrogens (tertiary/aromatic N) is 3. The Morgan fingerprint density at radius 1 is 0.857 bits per heavy atom. The van der Waals surface area contributed by atoms with Gasteiger partial charge >= 0.3 is 0 Å². The van der Waals surface area contributed by atoms with Crippen molar-refractivity contribution in [1.82, 2.24) is 9.91 Å². The fourth-order valence-corrected chi connectivity index (χ4v) is 6.67. The number of piperidine rings is 1. The SMILES string of the molecule is Fc1ccc(C2=NN3C(C2)c2ccccc2OC32CCN(C3CCCc4ccccc43)CC2)cc1. The summed E-state index contributed by atoms with van der Waals surface area (Å²) >= 11 is 0. The predicted molar refractivity (Wildman–Crippen MR) is 135 cm³/mol. The van der Waals surface area contributed by atoms with E-state index in [0.717, 1.165) is 49.4 Å². The van der Waals surface area contributed by atoms with E-state index in [1.165, 1.54) is 48.1 Å². The number of hydrazone groups is 1. The highest BCUT2D eigenvalue weighted by molar-refractivity contribution is 6.02. The molecule has 1 fully saturated rings. The Labute approximate surface area is 206 Å². The fourth-order valence-electron chi connectivity index (χ4n) is 6.67. The standard InChI is InChI=1S/C30H30FN3O/c31-23-14-12-22(13-15-23)26-20-28-25-9-3-4-11-29(25)35-30(34(28)32-26)16-18-33(19-17-30)27-10-5-7-21-6-1-2-8-24(21)27/h1-4,6,8-9,11-15,27-28H,5,7,10,16-20H2. The van der Waals surface area contributed by atoms with Gasteiger partial charge in [-0.25, -0.2) is 9.40 Å². The minimum absolute atomic E-state index is 0.155. The summed E-state index contributed by atoms with van der Waals surface area (Å²) in [5, 5.41) is 7.39. The molecule has 4 aliphatic rings. The van der Waals surface area contributed by atoms with E-state index in [9.17, 15) is 4.39 Å². The van der Waals surface area contributed by atoms with Gasteiger partial charge in [-0.3, -0.25) is 4.90 Å². The average Bonchev–Trinajstić information content (AvgIpc) is 3.36. The predicted octanol–water partition coefficient (Wildman–Crippen LogP) is 6.24. The largest absolute Gasteiger partial charge is 0.466 e. The van der Waals surface area contributed by atoms with Gasteiger partial charge in [-0.05, 0) is 54.2 Å². The summed E-state index contributed by atoms with van der Waals surface area (Å²) in [6, 6.07) is 24.8. The zero-order valence-corrected chi connectivity index (χ0v) is 19.9. The first-order chi connectivity index (χ1) is 17.2. The van der Waals surface area contributed by atoms with Gasteiger partial charge in [0.25, 0.3) is 0 Å². The Morgan fingerprint density at radius 2 is 1.60 bits per heavy atom. The third kappa shape index (κ3) is 3.48. The molecule has 2 unspecified atom stereocenters. The highest BCUT2D eigenvalue weighted by atomic mass is 19.1. The molecule has 4 nitrogen and oxygen atoms in total. The number of halogens is 1. The summed E-state index contributed by atoms with van der Waals surface area (Å²) < 4.78 is 20.4. The number of fused-ring (bicyclic) bond motifs is 5.